The van der Waals surface area contributed by atoms with E-state index in [0.717, 1.165) is 18.6 Å². The lowest BCUT2D eigenvalue weighted by atomic mass is 10.0. The Balaban J connectivity index is 3.57. The minimum absolute atomic E-state index is 0.108. The molecule has 0 fully saturated rings. The van der Waals surface area contributed by atoms with E-state index in [0.29, 0.717) is 11.7 Å². The molecule has 0 aliphatic carbocycles. The molecule has 0 radical (unpaired) electrons. The van der Waals surface area contributed by atoms with Crippen molar-refractivity contribution in [3.05, 3.63) is 0 Å². The Morgan fingerprint density at radius 2 is 1.88 bits per heavy atom. The number of thioether (sulfide) groups is 1. The highest BCUT2D eigenvalue weighted by Crippen LogP contribution is 2.09. The van der Waals surface area contributed by atoms with Crippen molar-refractivity contribution in [3.63, 3.8) is 0 Å². The van der Waals surface area contributed by atoms with Crippen LogP contribution in [0.3, 0.4) is 0 Å². The molecule has 17 heavy (non-hydrogen) atoms. The van der Waals surface area contributed by atoms with Crippen LogP contribution in [0, 0.1) is 11.8 Å². The highest BCUT2D eigenvalue weighted by Gasteiger charge is 2.09. The van der Waals surface area contributed by atoms with Gasteiger partial charge in [-0.3, -0.25) is 4.79 Å². The fourth-order valence-electron chi connectivity index (χ4n) is 1.38. The van der Waals surface area contributed by atoms with Crippen molar-refractivity contribution >= 4 is 17.7 Å². The molecule has 2 N–H and O–H groups in total. The molecule has 0 aromatic rings. The number of nitrogens with one attached hydrogen (secondary N) is 1. The first-order valence-corrected chi connectivity index (χ1v) is 7.59. The van der Waals surface area contributed by atoms with E-state index >= 15 is 0 Å². The maximum absolute atomic E-state index is 11.6. The molecule has 0 spiro atoms. The Hall–Kier alpha value is -0.220. The van der Waals surface area contributed by atoms with Gasteiger partial charge in [0.05, 0.1) is 5.75 Å². The lowest BCUT2D eigenvalue weighted by Crippen LogP contribution is -2.34. The molecule has 2 atom stereocenters. The molecule has 102 valence electrons. The Bertz CT molecular complexity index is 210. The van der Waals surface area contributed by atoms with Gasteiger partial charge in [-0.1, -0.05) is 20.8 Å². The highest BCUT2D eigenvalue weighted by molar-refractivity contribution is 7.99. The SMILES string of the molecule is CC(C)CCC(C)NC(=O)CSCC(C)CO. The van der Waals surface area contributed by atoms with Crippen molar-refractivity contribution in [1.82, 2.24) is 5.32 Å². The van der Waals surface area contributed by atoms with Gasteiger partial charge >= 0.3 is 0 Å². The van der Waals surface area contributed by atoms with Crippen LogP contribution in [0.4, 0.5) is 0 Å². The van der Waals surface area contributed by atoms with Gasteiger partial charge in [-0.2, -0.15) is 11.8 Å². The van der Waals surface area contributed by atoms with E-state index in [9.17, 15) is 4.79 Å². The van der Waals surface area contributed by atoms with Gasteiger partial charge in [0.1, 0.15) is 0 Å². The molecule has 0 bridgehead atoms. The number of hydrogen-bond donors (Lipinski definition) is 2. The average Bonchev–Trinajstić information content (AvgIpc) is 2.26. The number of carbonyl (C=O) groups is 1. The summed E-state index contributed by atoms with van der Waals surface area (Å²) in [5, 5.41) is 11.9. The number of aliphatic hydroxyl groups is 1. The number of aliphatic hydroxyl groups excluding tert-OH is 1. The van der Waals surface area contributed by atoms with E-state index in [4.69, 9.17) is 5.11 Å². The summed E-state index contributed by atoms with van der Waals surface area (Å²) in [6.07, 6.45) is 2.19. The molecule has 0 saturated carbocycles. The zero-order chi connectivity index (χ0) is 13.3. The summed E-state index contributed by atoms with van der Waals surface area (Å²) >= 11 is 1.59. The van der Waals surface area contributed by atoms with Crippen LogP contribution in [-0.4, -0.2) is 35.2 Å². The first-order chi connectivity index (χ1) is 7.95. The zero-order valence-corrected chi connectivity index (χ0v) is 12.3. The van der Waals surface area contributed by atoms with E-state index in [2.05, 4.69) is 26.1 Å². The summed E-state index contributed by atoms with van der Waals surface area (Å²) in [6, 6.07) is 0.265. The molecule has 0 saturated heterocycles. The standard InChI is InChI=1S/C13H27NO2S/c1-10(2)5-6-12(4)14-13(16)9-17-8-11(3)7-15/h10-12,15H,5-9H2,1-4H3,(H,14,16). The van der Waals surface area contributed by atoms with Gasteiger partial charge in [0.25, 0.3) is 0 Å². The van der Waals surface area contributed by atoms with Crippen LogP contribution in [0.15, 0.2) is 0 Å². The Morgan fingerprint density at radius 1 is 1.24 bits per heavy atom. The number of hydrogen-bond acceptors (Lipinski definition) is 3. The summed E-state index contributed by atoms with van der Waals surface area (Å²) in [4.78, 5) is 11.6. The van der Waals surface area contributed by atoms with Crippen molar-refractivity contribution in [2.24, 2.45) is 11.8 Å². The van der Waals surface area contributed by atoms with Gasteiger partial charge in [0.2, 0.25) is 5.91 Å². The van der Waals surface area contributed by atoms with Gasteiger partial charge in [0, 0.05) is 12.6 Å². The lowest BCUT2D eigenvalue weighted by molar-refractivity contribution is -0.119. The molecule has 0 heterocycles. The third kappa shape index (κ3) is 10.6. The Kier molecular flexibility index (Phi) is 9.65. The van der Waals surface area contributed by atoms with Crippen LogP contribution in [0.2, 0.25) is 0 Å². The van der Waals surface area contributed by atoms with E-state index in [1.807, 2.05) is 6.92 Å². The zero-order valence-electron chi connectivity index (χ0n) is 11.5. The maximum atomic E-state index is 11.6. The lowest BCUT2D eigenvalue weighted by Gasteiger charge is -2.15. The summed E-state index contributed by atoms with van der Waals surface area (Å²) in [7, 11) is 0. The summed E-state index contributed by atoms with van der Waals surface area (Å²) in [5.74, 6) is 2.40. The van der Waals surface area contributed by atoms with Gasteiger partial charge in [-0.15, -0.1) is 0 Å². The van der Waals surface area contributed by atoms with E-state index in [-0.39, 0.29) is 24.5 Å². The molecule has 0 rings (SSSR count). The van der Waals surface area contributed by atoms with Crippen LogP contribution < -0.4 is 5.32 Å². The molecule has 0 aliphatic heterocycles. The third-order valence-corrected chi connectivity index (χ3v) is 3.80. The van der Waals surface area contributed by atoms with E-state index in [1.54, 1.807) is 11.8 Å². The van der Waals surface area contributed by atoms with Crippen LogP contribution in [0.5, 0.6) is 0 Å². The molecule has 3 nitrogen and oxygen atoms in total. The maximum Gasteiger partial charge on any atom is 0.230 e. The monoisotopic (exact) mass is 261 g/mol. The predicted molar refractivity (Wildman–Crippen MR) is 75.3 cm³/mol. The van der Waals surface area contributed by atoms with Crippen molar-refractivity contribution < 1.29 is 9.90 Å². The molecule has 1 amide bonds. The summed E-state index contributed by atoms with van der Waals surface area (Å²) in [5.41, 5.74) is 0. The van der Waals surface area contributed by atoms with Crippen molar-refractivity contribution in [1.29, 1.82) is 0 Å². The Morgan fingerprint density at radius 3 is 2.41 bits per heavy atom. The average molecular weight is 261 g/mol. The van der Waals surface area contributed by atoms with Crippen molar-refractivity contribution in [3.8, 4) is 0 Å². The first kappa shape index (κ1) is 16.8. The number of carbonyl (C=O) groups excluding carboxylic acids is 1. The second-order valence-corrected chi connectivity index (χ2v) is 6.27. The van der Waals surface area contributed by atoms with E-state index in [1.165, 1.54) is 0 Å². The summed E-state index contributed by atoms with van der Waals surface area (Å²) < 4.78 is 0. The summed E-state index contributed by atoms with van der Waals surface area (Å²) in [6.45, 7) is 8.62. The third-order valence-electron chi connectivity index (χ3n) is 2.53. The predicted octanol–water partition coefficient (Wildman–Crippen LogP) is 2.29. The molecule has 0 aromatic heterocycles. The van der Waals surface area contributed by atoms with Crippen LogP contribution in [0.1, 0.15) is 40.5 Å². The molecule has 0 aliphatic rings. The Labute approximate surface area is 110 Å². The smallest absolute Gasteiger partial charge is 0.230 e. The second-order valence-electron chi connectivity index (χ2n) is 5.24. The van der Waals surface area contributed by atoms with Crippen LogP contribution in [0.25, 0.3) is 0 Å². The fraction of sp³-hybridized carbons (Fsp3) is 0.923. The molecular formula is C13H27NO2S. The molecule has 4 heteroatoms. The van der Waals surface area contributed by atoms with Gasteiger partial charge in [-0.25, -0.2) is 0 Å². The van der Waals surface area contributed by atoms with Gasteiger partial charge < -0.3 is 10.4 Å². The number of rotatable bonds is 9. The fourth-order valence-corrected chi connectivity index (χ4v) is 2.27. The van der Waals surface area contributed by atoms with Crippen molar-refractivity contribution in [2.45, 2.75) is 46.6 Å². The van der Waals surface area contributed by atoms with Crippen LogP contribution in [-0.2, 0) is 4.79 Å². The van der Waals surface area contributed by atoms with Gasteiger partial charge in [-0.05, 0) is 37.4 Å². The molecular weight excluding hydrogens is 234 g/mol. The second kappa shape index (κ2) is 9.77. The van der Waals surface area contributed by atoms with E-state index < -0.39 is 0 Å². The first-order valence-electron chi connectivity index (χ1n) is 6.43. The van der Waals surface area contributed by atoms with Gasteiger partial charge in [0.15, 0.2) is 0 Å². The number of amides is 1. The van der Waals surface area contributed by atoms with Crippen molar-refractivity contribution in [2.75, 3.05) is 18.1 Å². The largest absolute Gasteiger partial charge is 0.396 e. The quantitative estimate of drug-likeness (QED) is 0.669. The topological polar surface area (TPSA) is 49.3 Å². The van der Waals surface area contributed by atoms with Crippen LogP contribution >= 0.6 is 11.8 Å². The highest BCUT2D eigenvalue weighted by atomic mass is 32.2. The normalized spacial score (nSPS) is 14.7. The minimum atomic E-state index is 0.108. The minimum Gasteiger partial charge on any atom is -0.396 e. The molecule has 0 aromatic carbocycles. The molecule has 2 unspecified atom stereocenters.